The van der Waals surface area contributed by atoms with Crippen LogP contribution in [0.2, 0.25) is 0 Å². The van der Waals surface area contributed by atoms with Gasteiger partial charge in [-0.2, -0.15) is 4.98 Å². The van der Waals surface area contributed by atoms with Crippen LogP contribution in [0.15, 0.2) is 47.0 Å². The third-order valence-corrected chi connectivity index (χ3v) is 5.31. The molecule has 0 saturated heterocycles. The Labute approximate surface area is 168 Å². The van der Waals surface area contributed by atoms with Crippen LogP contribution in [0, 0.1) is 20.8 Å². The van der Waals surface area contributed by atoms with Crippen LogP contribution < -0.4 is 0 Å². The van der Waals surface area contributed by atoms with E-state index in [9.17, 15) is 0 Å². The molecule has 2 aromatic carbocycles. The Morgan fingerprint density at radius 2 is 1.79 bits per heavy atom. The topological polar surface area (TPSA) is 78.9 Å². The molecule has 0 bridgehead atoms. The molecule has 4 aromatic rings. The van der Waals surface area contributed by atoms with Gasteiger partial charge in [0.1, 0.15) is 6.10 Å². The smallest absolute Gasteiger partial charge is 0.280 e. The Kier molecular flexibility index (Phi) is 4.24. The number of hydrogen-bond donors (Lipinski definition) is 0. The van der Waals surface area contributed by atoms with Crippen LogP contribution in [-0.4, -0.2) is 25.1 Å². The minimum Gasteiger partial charge on any atom is -0.365 e. The van der Waals surface area contributed by atoms with Gasteiger partial charge in [0.25, 0.3) is 5.89 Å². The summed E-state index contributed by atoms with van der Waals surface area (Å²) in [5.41, 5.74) is 7.15. The molecule has 0 aliphatic carbocycles. The summed E-state index contributed by atoms with van der Waals surface area (Å²) in [6, 6.07) is 14.4. The third kappa shape index (κ3) is 3.23. The zero-order valence-electron chi connectivity index (χ0n) is 16.6. The Morgan fingerprint density at radius 3 is 2.59 bits per heavy atom. The van der Waals surface area contributed by atoms with Crippen molar-refractivity contribution in [3.05, 3.63) is 70.4 Å². The number of benzene rings is 2. The molecule has 2 aromatic heterocycles. The molecule has 0 fully saturated rings. The van der Waals surface area contributed by atoms with E-state index in [2.05, 4.69) is 52.5 Å². The number of nitrogens with zero attached hydrogens (tertiary/aromatic N) is 5. The summed E-state index contributed by atoms with van der Waals surface area (Å²) in [5.74, 6) is 0.891. The van der Waals surface area contributed by atoms with Crippen molar-refractivity contribution in [2.45, 2.75) is 40.0 Å². The molecule has 146 valence electrons. The molecule has 0 saturated carbocycles. The summed E-state index contributed by atoms with van der Waals surface area (Å²) in [6.07, 6.45) is -0.0524. The minimum atomic E-state index is -0.0524. The first-order chi connectivity index (χ1) is 14.1. The molecule has 0 spiro atoms. The van der Waals surface area contributed by atoms with Gasteiger partial charge in [-0.1, -0.05) is 64.0 Å². The molecule has 1 atom stereocenters. The molecule has 29 heavy (non-hydrogen) atoms. The quantitative estimate of drug-likeness (QED) is 0.524. The van der Waals surface area contributed by atoms with Crippen LogP contribution in [0.25, 0.3) is 23.0 Å². The average molecular weight is 387 g/mol. The number of rotatable bonds is 3. The lowest BCUT2D eigenvalue weighted by Gasteiger charge is -2.25. The van der Waals surface area contributed by atoms with Crippen molar-refractivity contribution in [3.63, 3.8) is 0 Å². The molecular weight excluding hydrogens is 366 g/mol. The Balaban J connectivity index is 1.42. The number of fused-ring (bicyclic) bond motifs is 1. The molecule has 1 aliphatic rings. The number of aromatic nitrogens is 5. The second kappa shape index (κ2) is 6.93. The molecule has 7 nitrogen and oxygen atoms in total. The zero-order valence-corrected chi connectivity index (χ0v) is 16.6. The first-order valence-corrected chi connectivity index (χ1v) is 9.61. The third-order valence-electron chi connectivity index (χ3n) is 5.31. The summed E-state index contributed by atoms with van der Waals surface area (Å²) in [5, 5.41) is 12.7. The van der Waals surface area contributed by atoms with E-state index in [4.69, 9.17) is 9.26 Å². The highest BCUT2D eigenvalue weighted by Gasteiger charge is 2.28. The highest BCUT2D eigenvalue weighted by atomic mass is 16.5. The maximum atomic E-state index is 6.15. The molecule has 0 amide bonds. The predicted molar refractivity (Wildman–Crippen MR) is 107 cm³/mol. The number of aryl methyl sites for hydroxylation is 3. The normalized spacial score (nSPS) is 16.0. The van der Waals surface area contributed by atoms with Crippen molar-refractivity contribution in [3.8, 4) is 23.0 Å². The molecule has 0 N–H and O–H groups in total. The van der Waals surface area contributed by atoms with Gasteiger partial charge in [-0.05, 0) is 31.9 Å². The highest BCUT2D eigenvalue weighted by molar-refractivity contribution is 5.59. The van der Waals surface area contributed by atoms with Gasteiger partial charge in [0, 0.05) is 5.56 Å². The van der Waals surface area contributed by atoms with Crippen LogP contribution in [0.4, 0.5) is 0 Å². The highest BCUT2D eigenvalue weighted by Crippen LogP contribution is 2.32. The number of hydrogen-bond acceptors (Lipinski definition) is 6. The van der Waals surface area contributed by atoms with E-state index in [1.807, 2.05) is 35.9 Å². The SMILES string of the molecule is Cc1ccc(-c2noc(-c3nnn4c3COC(c3ccc(C)cc3C)C4)n2)cc1. The van der Waals surface area contributed by atoms with Crippen LogP contribution in [0.1, 0.15) is 34.1 Å². The Morgan fingerprint density at radius 1 is 1.00 bits per heavy atom. The maximum absolute atomic E-state index is 6.15. The Bertz CT molecular complexity index is 1180. The summed E-state index contributed by atoms with van der Waals surface area (Å²) in [7, 11) is 0. The summed E-state index contributed by atoms with van der Waals surface area (Å²) in [4.78, 5) is 4.51. The molecule has 1 aliphatic heterocycles. The van der Waals surface area contributed by atoms with E-state index in [0.29, 0.717) is 30.6 Å². The molecule has 1 unspecified atom stereocenters. The van der Waals surface area contributed by atoms with Gasteiger partial charge in [0.2, 0.25) is 5.82 Å². The lowest BCUT2D eigenvalue weighted by molar-refractivity contribution is -0.00153. The predicted octanol–water partition coefficient (Wildman–Crippen LogP) is 4.19. The molecule has 3 heterocycles. The van der Waals surface area contributed by atoms with E-state index in [1.165, 1.54) is 22.3 Å². The fourth-order valence-corrected chi connectivity index (χ4v) is 3.69. The van der Waals surface area contributed by atoms with Crippen molar-refractivity contribution in [2.24, 2.45) is 0 Å². The maximum Gasteiger partial charge on any atom is 0.280 e. The van der Waals surface area contributed by atoms with Gasteiger partial charge in [0.15, 0.2) is 5.69 Å². The molecule has 0 radical (unpaired) electrons. The fraction of sp³-hybridized carbons (Fsp3) is 0.273. The zero-order chi connectivity index (χ0) is 20.0. The van der Waals surface area contributed by atoms with Crippen molar-refractivity contribution < 1.29 is 9.26 Å². The van der Waals surface area contributed by atoms with Crippen molar-refractivity contribution in [2.75, 3.05) is 0 Å². The van der Waals surface area contributed by atoms with E-state index < -0.39 is 0 Å². The largest absolute Gasteiger partial charge is 0.365 e. The first-order valence-electron chi connectivity index (χ1n) is 9.61. The monoisotopic (exact) mass is 387 g/mol. The first kappa shape index (κ1) is 17.8. The van der Waals surface area contributed by atoms with Gasteiger partial charge < -0.3 is 9.26 Å². The van der Waals surface area contributed by atoms with E-state index in [0.717, 1.165) is 11.3 Å². The number of ether oxygens (including phenoxy) is 1. The van der Waals surface area contributed by atoms with Gasteiger partial charge in [-0.15, -0.1) is 5.10 Å². The molecule has 5 rings (SSSR count). The second-order valence-corrected chi connectivity index (χ2v) is 7.52. The van der Waals surface area contributed by atoms with Gasteiger partial charge in [0.05, 0.1) is 18.8 Å². The lowest BCUT2D eigenvalue weighted by Crippen LogP contribution is -2.22. The fourth-order valence-electron chi connectivity index (χ4n) is 3.69. The van der Waals surface area contributed by atoms with Crippen molar-refractivity contribution >= 4 is 0 Å². The standard InChI is InChI=1S/C22H21N5O2/c1-13-4-7-16(8-5-13)21-23-22(29-25-21)20-18-12-28-19(11-27(18)26-24-20)17-9-6-14(2)10-15(17)3/h4-10,19H,11-12H2,1-3H3. The van der Waals surface area contributed by atoms with Crippen LogP contribution in [0.3, 0.4) is 0 Å². The molecule has 7 heteroatoms. The van der Waals surface area contributed by atoms with Crippen LogP contribution in [0.5, 0.6) is 0 Å². The van der Waals surface area contributed by atoms with E-state index in [1.54, 1.807) is 0 Å². The van der Waals surface area contributed by atoms with Crippen molar-refractivity contribution in [1.82, 2.24) is 25.1 Å². The second-order valence-electron chi connectivity index (χ2n) is 7.52. The lowest BCUT2D eigenvalue weighted by atomic mass is 10.0. The van der Waals surface area contributed by atoms with E-state index in [-0.39, 0.29) is 6.10 Å². The minimum absolute atomic E-state index is 0.0524. The van der Waals surface area contributed by atoms with Gasteiger partial charge >= 0.3 is 0 Å². The Hall–Kier alpha value is -3.32. The van der Waals surface area contributed by atoms with Crippen molar-refractivity contribution in [1.29, 1.82) is 0 Å². The van der Waals surface area contributed by atoms with Crippen LogP contribution >= 0.6 is 0 Å². The van der Waals surface area contributed by atoms with Crippen LogP contribution in [-0.2, 0) is 17.9 Å². The summed E-state index contributed by atoms with van der Waals surface area (Å²) >= 11 is 0. The summed E-state index contributed by atoms with van der Waals surface area (Å²) < 4.78 is 13.5. The van der Waals surface area contributed by atoms with Gasteiger partial charge in [-0.3, -0.25) is 0 Å². The van der Waals surface area contributed by atoms with Gasteiger partial charge in [-0.25, -0.2) is 4.68 Å². The average Bonchev–Trinajstić information content (AvgIpc) is 3.35. The van der Waals surface area contributed by atoms with E-state index >= 15 is 0 Å². The summed E-state index contributed by atoms with van der Waals surface area (Å²) in [6.45, 7) is 7.24. The molecular formula is C22H21N5O2.